The minimum Gasteiger partial charge on any atom is -0.462 e. The summed E-state index contributed by atoms with van der Waals surface area (Å²) in [4.78, 5) is 27.3. The summed E-state index contributed by atoms with van der Waals surface area (Å²) < 4.78 is 5.21. The number of amides is 1. The highest BCUT2D eigenvalue weighted by Gasteiger charge is 2.29. The van der Waals surface area contributed by atoms with Crippen molar-refractivity contribution < 1.29 is 14.3 Å². The number of hydrogen-bond acceptors (Lipinski definition) is 5. The van der Waals surface area contributed by atoms with Crippen molar-refractivity contribution in [2.24, 2.45) is 0 Å². The van der Waals surface area contributed by atoms with Gasteiger partial charge in [0.05, 0.1) is 17.4 Å². The van der Waals surface area contributed by atoms with Gasteiger partial charge in [-0.2, -0.15) is 0 Å². The Morgan fingerprint density at radius 3 is 2.69 bits per heavy atom. The van der Waals surface area contributed by atoms with Crippen LogP contribution in [0.25, 0.3) is 0 Å². The number of aryl methyl sites for hydroxylation is 2. The smallest absolute Gasteiger partial charge is 0.341 e. The van der Waals surface area contributed by atoms with E-state index in [1.165, 1.54) is 33.5 Å². The van der Waals surface area contributed by atoms with Crippen LogP contribution in [0.4, 0.5) is 5.00 Å². The van der Waals surface area contributed by atoms with Crippen molar-refractivity contribution in [1.82, 2.24) is 0 Å². The second-order valence-electron chi connectivity index (χ2n) is 6.34. The number of anilines is 1. The Bertz CT molecular complexity index is 811. The molecule has 1 aliphatic rings. The maximum absolute atomic E-state index is 12.7. The quantitative estimate of drug-likeness (QED) is 0.567. The zero-order chi connectivity index (χ0) is 18.7. The van der Waals surface area contributed by atoms with Crippen LogP contribution in [0.1, 0.15) is 46.6 Å². The molecular weight excluding hydrogens is 366 g/mol. The van der Waals surface area contributed by atoms with Crippen LogP contribution in [-0.2, 0) is 22.4 Å². The molecule has 0 saturated heterocycles. The molecule has 1 N–H and O–H groups in total. The van der Waals surface area contributed by atoms with Crippen molar-refractivity contribution >= 4 is 40.0 Å². The topological polar surface area (TPSA) is 55.4 Å². The molecule has 2 aromatic rings. The maximum Gasteiger partial charge on any atom is 0.341 e. The summed E-state index contributed by atoms with van der Waals surface area (Å²) in [5.41, 5.74) is 2.81. The van der Waals surface area contributed by atoms with E-state index in [9.17, 15) is 9.59 Å². The van der Waals surface area contributed by atoms with Gasteiger partial charge < -0.3 is 10.1 Å². The number of thioether (sulfide) groups is 1. The predicted molar refractivity (Wildman–Crippen MR) is 107 cm³/mol. The second kappa shape index (κ2) is 8.27. The average Bonchev–Trinajstić information content (AvgIpc) is 3.17. The van der Waals surface area contributed by atoms with Crippen molar-refractivity contribution in [1.29, 1.82) is 0 Å². The highest BCUT2D eigenvalue weighted by molar-refractivity contribution is 8.00. The number of esters is 1. The Balaban J connectivity index is 1.74. The molecule has 1 amide bonds. The van der Waals surface area contributed by atoms with Crippen LogP contribution in [0.15, 0.2) is 29.2 Å². The number of ether oxygens (including phenoxy) is 1. The van der Waals surface area contributed by atoms with Gasteiger partial charge in [0.2, 0.25) is 5.91 Å². The number of hydrogen-bond donors (Lipinski definition) is 1. The summed E-state index contributed by atoms with van der Waals surface area (Å²) in [7, 11) is 0. The van der Waals surface area contributed by atoms with E-state index in [0.29, 0.717) is 17.2 Å². The standard InChI is InChI=1S/C20H23NO3S2/c1-4-24-20(23)17-15-6-5-7-16(15)26-19(17)21-18(22)13(3)25-14-10-8-12(2)9-11-14/h8-11,13H,4-7H2,1-3H3,(H,21,22)/t13-/m0/s1. The van der Waals surface area contributed by atoms with Crippen molar-refractivity contribution in [2.45, 2.75) is 50.2 Å². The van der Waals surface area contributed by atoms with Crippen molar-refractivity contribution in [3.8, 4) is 0 Å². The number of fused-ring (bicyclic) bond motifs is 1. The van der Waals surface area contributed by atoms with Crippen LogP contribution in [-0.4, -0.2) is 23.7 Å². The minimum absolute atomic E-state index is 0.0963. The molecule has 0 radical (unpaired) electrons. The van der Waals surface area contributed by atoms with Gasteiger partial charge >= 0.3 is 5.97 Å². The Kier molecular flexibility index (Phi) is 6.04. The molecular formula is C20H23NO3S2. The molecule has 0 spiro atoms. The number of carbonyl (C=O) groups excluding carboxylic acids is 2. The lowest BCUT2D eigenvalue weighted by Crippen LogP contribution is -2.23. The fourth-order valence-corrected chi connectivity index (χ4v) is 5.15. The summed E-state index contributed by atoms with van der Waals surface area (Å²) >= 11 is 3.03. The molecule has 4 nitrogen and oxygen atoms in total. The van der Waals surface area contributed by atoms with E-state index in [2.05, 4.69) is 5.32 Å². The van der Waals surface area contributed by atoms with Crippen LogP contribution < -0.4 is 5.32 Å². The normalized spacial score (nSPS) is 14.0. The van der Waals surface area contributed by atoms with Crippen LogP contribution in [0.3, 0.4) is 0 Å². The number of benzene rings is 1. The summed E-state index contributed by atoms with van der Waals surface area (Å²) in [6.45, 7) is 6.04. The molecule has 1 aliphatic carbocycles. The first-order chi connectivity index (χ1) is 12.5. The molecule has 26 heavy (non-hydrogen) atoms. The van der Waals surface area contributed by atoms with Gasteiger partial charge in [0, 0.05) is 9.77 Å². The third kappa shape index (κ3) is 4.13. The van der Waals surface area contributed by atoms with Gasteiger partial charge in [-0.25, -0.2) is 4.79 Å². The molecule has 0 unspecified atom stereocenters. The molecule has 0 aliphatic heterocycles. The molecule has 3 rings (SSSR count). The highest BCUT2D eigenvalue weighted by atomic mass is 32.2. The Morgan fingerprint density at radius 1 is 1.27 bits per heavy atom. The fraction of sp³-hybridized carbons (Fsp3) is 0.400. The third-order valence-corrected chi connectivity index (χ3v) is 6.66. The van der Waals surface area contributed by atoms with Crippen LogP contribution in [0, 0.1) is 6.92 Å². The van der Waals surface area contributed by atoms with Gasteiger partial charge in [-0.3, -0.25) is 4.79 Å². The summed E-state index contributed by atoms with van der Waals surface area (Å²) in [5.74, 6) is -0.429. The summed E-state index contributed by atoms with van der Waals surface area (Å²) in [5, 5.41) is 3.34. The lowest BCUT2D eigenvalue weighted by atomic mass is 10.1. The van der Waals surface area contributed by atoms with E-state index >= 15 is 0 Å². The van der Waals surface area contributed by atoms with E-state index in [1.807, 2.05) is 38.1 Å². The van der Waals surface area contributed by atoms with Gasteiger partial charge in [0.15, 0.2) is 0 Å². The molecule has 1 aromatic carbocycles. The number of rotatable bonds is 6. The average molecular weight is 390 g/mol. The zero-order valence-corrected chi connectivity index (χ0v) is 16.9. The summed E-state index contributed by atoms with van der Waals surface area (Å²) in [6, 6.07) is 8.12. The van der Waals surface area contributed by atoms with Gasteiger partial charge in [0.1, 0.15) is 5.00 Å². The largest absolute Gasteiger partial charge is 0.462 e. The van der Waals surface area contributed by atoms with Crippen molar-refractivity contribution in [2.75, 3.05) is 11.9 Å². The van der Waals surface area contributed by atoms with E-state index in [1.54, 1.807) is 6.92 Å². The lowest BCUT2D eigenvalue weighted by Gasteiger charge is -2.13. The first-order valence-electron chi connectivity index (χ1n) is 8.85. The van der Waals surface area contributed by atoms with Gasteiger partial charge in [0.25, 0.3) is 0 Å². The predicted octanol–water partition coefficient (Wildman–Crippen LogP) is 4.84. The van der Waals surface area contributed by atoms with E-state index in [4.69, 9.17) is 4.74 Å². The number of nitrogens with one attached hydrogen (secondary N) is 1. The lowest BCUT2D eigenvalue weighted by molar-refractivity contribution is -0.115. The second-order valence-corrected chi connectivity index (χ2v) is 8.86. The van der Waals surface area contributed by atoms with E-state index < -0.39 is 0 Å². The van der Waals surface area contributed by atoms with Crippen molar-refractivity contribution in [3.05, 3.63) is 45.8 Å². The molecule has 0 fully saturated rings. The van der Waals surface area contributed by atoms with Crippen LogP contribution in [0.5, 0.6) is 0 Å². The highest BCUT2D eigenvalue weighted by Crippen LogP contribution is 2.40. The Morgan fingerprint density at radius 2 is 2.00 bits per heavy atom. The monoisotopic (exact) mass is 389 g/mol. The molecule has 6 heteroatoms. The van der Waals surface area contributed by atoms with Gasteiger partial charge in [-0.1, -0.05) is 17.7 Å². The third-order valence-electron chi connectivity index (χ3n) is 4.34. The van der Waals surface area contributed by atoms with Crippen molar-refractivity contribution in [3.63, 3.8) is 0 Å². The SMILES string of the molecule is CCOC(=O)c1c(NC(=O)[C@H](C)Sc2ccc(C)cc2)sc2c1CCC2. The molecule has 1 heterocycles. The first kappa shape index (κ1) is 19.0. The van der Waals surface area contributed by atoms with Gasteiger partial charge in [-0.15, -0.1) is 23.1 Å². The van der Waals surface area contributed by atoms with E-state index in [-0.39, 0.29) is 17.1 Å². The molecule has 1 aromatic heterocycles. The van der Waals surface area contributed by atoms with Crippen LogP contribution >= 0.6 is 23.1 Å². The Labute approximate surface area is 162 Å². The number of thiophene rings is 1. The molecule has 0 bridgehead atoms. The molecule has 0 saturated carbocycles. The van der Waals surface area contributed by atoms with E-state index in [0.717, 1.165) is 29.7 Å². The Hall–Kier alpha value is -1.79. The minimum atomic E-state index is -0.332. The molecule has 1 atom stereocenters. The summed E-state index contributed by atoms with van der Waals surface area (Å²) in [6.07, 6.45) is 2.90. The maximum atomic E-state index is 12.7. The van der Waals surface area contributed by atoms with Crippen LogP contribution in [0.2, 0.25) is 0 Å². The first-order valence-corrected chi connectivity index (χ1v) is 10.5. The molecule has 138 valence electrons. The zero-order valence-electron chi connectivity index (χ0n) is 15.3. The fourth-order valence-electron chi connectivity index (χ4n) is 3.00. The van der Waals surface area contributed by atoms with Gasteiger partial charge in [-0.05, 0) is 57.7 Å². The number of carbonyl (C=O) groups is 2.